The minimum Gasteiger partial charge on any atom is -0.316 e. The fourth-order valence-electron chi connectivity index (χ4n) is 1.79. The molecular formula is C13H15BrN4. The smallest absolute Gasteiger partial charge is 0.178 e. The van der Waals surface area contributed by atoms with Crippen molar-refractivity contribution in [3.63, 3.8) is 0 Å². The Morgan fingerprint density at radius 1 is 1.17 bits per heavy atom. The van der Waals surface area contributed by atoms with Crippen molar-refractivity contribution in [1.29, 1.82) is 0 Å². The van der Waals surface area contributed by atoms with Crippen LogP contribution < -0.4 is 5.32 Å². The lowest BCUT2D eigenvalue weighted by Gasteiger charge is -2.10. The van der Waals surface area contributed by atoms with Crippen molar-refractivity contribution in [3.05, 3.63) is 39.8 Å². The van der Waals surface area contributed by atoms with Crippen LogP contribution in [0, 0.1) is 13.8 Å². The molecule has 0 amide bonds. The monoisotopic (exact) mass is 306 g/mol. The van der Waals surface area contributed by atoms with E-state index in [9.17, 15) is 0 Å². The van der Waals surface area contributed by atoms with Gasteiger partial charge in [0.1, 0.15) is 5.69 Å². The molecule has 0 saturated heterocycles. The summed E-state index contributed by atoms with van der Waals surface area (Å²) in [5, 5.41) is 3.13. The third kappa shape index (κ3) is 2.73. The van der Waals surface area contributed by atoms with Gasteiger partial charge in [-0.2, -0.15) is 0 Å². The molecular weight excluding hydrogens is 292 g/mol. The van der Waals surface area contributed by atoms with Gasteiger partial charge >= 0.3 is 0 Å². The van der Waals surface area contributed by atoms with E-state index >= 15 is 0 Å². The predicted molar refractivity (Wildman–Crippen MR) is 75.2 cm³/mol. The van der Waals surface area contributed by atoms with Crippen LogP contribution in [0.25, 0.3) is 11.5 Å². The largest absolute Gasteiger partial charge is 0.316 e. The molecule has 1 N–H and O–H groups in total. The number of halogens is 1. The molecule has 18 heavy (non-hydrogen) atoms. The molecule has 0 atom stereocenters. The second-order valence-electron chi connectivity index (χ2n) is 4.09. The van der Waals surface area contributed by atoms with Crippen LogP contribution in [0.5, 0.6) is 0 Å². The second kappa shape index (κ2) is 5.54. The van der Waals surface area contributed by atoms with Crippen molar-refractivity contribution in [1.82, 2.24) is 20.3 Å². The van der Waals surface area contributed by atoms with Gasteiger partial charge in [-0.15, -0.1) is 0 Å². The number of hydrogen-bond donors (Lipinski definition) is 1. The molecule has 0 bridgehead atoms. The topological polar surface area (TPSA) is 50.7 Å². The van der Waals surface area contributed by atoms with Gasteiger partial charge in [0, 0.05) is 34.2 Å². The summed E-state index contributed by atoms with van der Waals surface area (Å²) in [6.45, 7) is 4.79. The highest BCUT2D eigenvalue weighted by Crippen LogP contribution is 2.18. The Labute approximate surface area is 115 Å². The van der Waals surface area contributed by atoms with Gasteiger partial charge in [0.15, 0.2) is 5.82 Å². The van der Waals surface area contributed by atoms with Gasteiger partial charge in [0.05, 0.1) is 0 Å². The van der Waals surface area contributed by atoms with Gasteiger partial charge in [-0.3, -0.25) is 4.98 Å². The van der Waals surface area contributed by atoms with Crippen molar-refractivity contribution in [2.75, 3.05) is 7.05 Å². The molecule has 2 heterocycles. The minimum absolute atomic E-state index is 0.678. The molecule has 0 unspecified atom stereocenters. The van der Waals surface area contributed by atoms with E-state index in [1.165, 1.54) is 0 Å². The first kappa shape index (κ1) is 13.1. The van der Waals surface area contributed by atoms with E-state index in [4.69, 9.17) is 0 Å². The summed E-state index contributed by atoms with van der Waals surface area (Å²) < 4.78 is 0.950. The molecule has 5 heteroatoms. The van der Waals surface area contributed by atoms with Crippen LogP contribution in [0.15, 0.2) is 22.8 Å². The number of hydrogen-bond acceptors (Lipinski definition) is 4. The maximum atomic E-state index is 4.52. The molecule has 0 aromatic carbocycles. The lowest BCUT2D eigenvalue weighted by atomic mass is 10.1. The van der Waals surface area contributed by atoms with Crippen LogP contribution in [0.1, 0.15) is 17.0 Å². The van der Waals surface area contributed by atoms with Gasteiger partial charge in [-0.1, -0.05) is 0 Å². The van der Waals surface area contributed by atoms with Gasteiger partial charge in [0.25, 0.3) is 0 Å². The summed E-state index contributed by atoms with van der Waals surface area (Å²) >= 11 is 3.37. The number of rotatable bonds is 3. The second-order valence-corrected chi connectivity index (χ2v) is 5.00. The first-order valence-corrected chi connectivity index (χ1v) is 6.51. The van der Waals surface area contributed by atoms with Crippen LogP contribution in [-0.2, 0) is 6.54 Å². The highest BCUT2D eigenvalue weighted by atomic mass is 79.9. The van der Waals surface area contributed by atoms with E-state index in [2.05, 4.69) is 36.2 Å². The first-order chi connectivity index (χ1) is 8.61. The zero-order valence-corrected chi connectivity index (χ0v) is 12.2. The van der Waals surface area contributed by atoms with Crippen LogP contribution in [-0.4, -0.2) is 22.0 Å². The van der Waals surface area contributed by atoms with Crippen LogP contribution in [0.4, 0.5) is 0 Å². The van der Waals surface area contributed by atoms with E-state index in [0.29, 0.717) is 5.82 Å². The summed E-state index contributed by atoms with van der Waals surface area (Å²) in [4.78, 5) is 13.4. The highest BCUT2D eigenvalue weighted by Gasteiger charge is 2.10. The molecule has 0 spiro atoms. The summed E-state index contributed by atoms with van der Waals surface area (Å²) in [5.41, 5.74) is 3.94. The Hall–Kier alpha value is -1.33. The van der Waals surface area contributed by atoms with Gasteiger partial charge in [0.2, 0.25) is 0 Å². The number of nitrogens with one attached hydrogen (secondary N) is 1. The number of aromatic nitrogens is 3. The summed E-state index contributed by atoms with van der Waals surface area (Å²) in [6, 6.07) is 3.86. The van der Waals surface area contributed by atoms with Crippen molar-refractivity contribution < 1.29 is 0 Å². The molecule has 0 saturated carbocycles. The van der Waals surface area contributed by atoms with Gasteiger partial charge in [-0.25, -0.2) is 9.97 Å². The molecule has 0 aliphatic carbocycles. The van der Waals surface area contributed by atoms with Crippen LogP contribution >= 0.6 is 15.9 Å². The Morgan fingerprint density at radius 3 is 2.33 bits per heavy atom. The van der Waals surface area contributed by atoms with Gasteiger partial charge < -0.3 is 5.32 Å². The first-order valence-electron chi connectivity index (χ1n) is 5.72. The maximum Gasteiger partial charge on any atom is 0.178 e. The zero-order valence-electron chi connectivity index (χ0n) is 10.7. The molecule has 0 aliphatic rings. The molecule has 0 radical (unpaired) electrons. The third-order valence-electron chi connectivity index (χ3n) is 2.73. The van der Waals surface area contributed by atoms with Crippen molar-refractivity contribution in [3.8, 4) is 11.5 Å². The van der Waals surface area contributed by atoms with E-state index in [1.54, 1.807) is 6.20 Å². The highest BCUT2D eigenvalue weighted by molar-refractivity contribution is 9.10. The number of nitrogens with zero attached hydrogens (tertiary/aromatic N) is 3. The quantitative estimate of drug-likeness (QED) is 0.947. The standard InChI is InChI=1S/C13H15BrN4/c1-8-11(7-15-3)9(2)18-13(17-8)12-5-4-10(14)6-16-12/h4-6,15H,7H2,1-3H3. The average Bonchev–Trinajstić information content (AvgIpc) is 2.34. The SMILES string of the molecule is CNCc1c(C)nc(-c2ccc(Br)cn2)nc1C. The summed E-state index contributed by atoms with van der Waals surface area (Å²) in [7, 11) is 1.92. The Kier molecular flexibility index (Phi) is 4.04. The normalized spacial score (nSPS) is 10.7. The number of pyridine rings is 1. The minimum atomic E-state index is 0.678. The average molecular weight is 307 g/mol. The lowest BCUT2D eigenvalue weighted by Crippen LogP contribution is -2.11. The molecule has 2 aromatic rings. The van der Waals surface area contributed by atoms with Crippen molar-refractivity contribution >= 4 is 15.9 Å². The molecule has 0 fully saturated rings. The Morgan fingerprint density at radius 2 is 1.83 bits per heavy atom. The molecule has 2 rings (SSSR count). The fraction of sp³-hybridized carbons (Fsp3) is 0.308. The van der Waals surface area contributed by atoms with Crippen molar-refractivity contribution in [2.24, 2.45) is 0 Å². The number of aryl methyl sites for hydroxylation is 2. The summed E-state index contributed by atoms with van der Waals surface area (Å²) in [6.07, 6.45) is 1.75. The predicted octanol–water partition coefficient (Wildman–Crippen LogP) is 2.64. The molecule has 2 aromatic heterocycles. The molecule has 4 nitrogen and oxygen atoms in total. The van der Waals surface area contributed by atoms with E-state index in [-0.39, 0.29) is 0 Å². The van der Waals surface area contributed by atoms with Gasteiger partial charge in [-0.05, 0) is 49.0 Å². The van der Waals surface area contributed by atoms with Crippen LogP contribution in [0.3, 0.4) is 0 Å². The fourth-order valence-corrected chi connectivity index (χ4v) is 2.03. The maximum absolute atomic E-state index is 4.52. The Bertz CT molecular complexity index is 528. The lowest BCUT2D eigenvalue weighted by molar-refractivity contribution is 0.787. The Balaban J connectivity index is 2.44. The van der Waals surface area contributed by atoms with E-state index in [1.807, 2.05) is 33.0 Å². The molecule has 0 aliphatic heterocycles. The zero-order chi connectivity index (χ0) is 13.1. The third-order valence-corrected chi connectivity index (χ3v) is 3.20. The summed E-state index contributed by atoms with van der Waals surface area (Å²) in [5.74, 6) is 0.678. The van der Waals surface area contributed by atoms with Crippen molar-refractivity contribution in [2.45, 2.75) is 20.4 Å². The molecule has 94 valence electrons. The van der Waals surface area contributed by atoms with E-state index < -0.39 is 0 Å². The van der Waals surface area contributed by atoms with Crippen LogP contribution in [0.2, 0.25) is 0 Å². The van der Waals surface area contributed by atoms with E-state index in [0.717, 1.165) is 33.7 Å².